The molecule has 0 radical (unpaired) electrons. The van der Waals surface area contributed by atoms with Crippen LogP contribution in [0.15, 0.2) is 30.5 Å². The number of rotatable bonds is 0. The third kappa shape index (κ3) is 1.64. The minimum absolute atomic E-state index is 0. The van der Waals surface area contributed by atoms with Crippen molar-refractivity contribution in [2.24, 2.45) is 14.1 Å². The quantitative estimate of drug-likeness (QED) is 0.391. The highest BCUT2D eigenvalue weighted by atomic mass is 127. The highest BCUT2D eigenvalue weighted by molar-refractivity contribution is 6.06. The molecule has 0 N–H and O–H groups in total. The molecule has 0 saturated heterocycles. The van der Waals surface area contributed by atoms with E-state index in [0.29, 0.717) is 0 Å². The number of benzene rings is 1. The lowest BCUT2D eigenvalue weighted by Gasteiger charge is -2.00. The molecular weight excluding hydrogens is 335 g/mol. The lowest BCUT2D eigenvalue weighted by Crippen LogP contribution is -3.00. The van der Waals surface area contributed by atoms with E-state index in [1.54, 1.807) is 0 Å². The second kappa shape index (κ2) is 4.53. The van der Waals surface area contributed by atoms with Gasteiger partial charge in [0.25, 0.3) is 0 Å². The van der Waals surface area contributed by atoms with Gasteiger partial charge in [-0.15, -0.1) is 0 Å². The summed E-state index contributed by atoms with van der Waals surface area (Å²) in [6, 6.07) is 8.75. The highest BCUT2D eigenvalue weighted by Gasteiger charge is 2.14. The smallest absolute Gasteiger partial charge is 0.213 e. The van der Waals surface area contributed by atoms with E-state index in [1.165, 1.54) is 33.1 Å². The van der Waals surface area contributed by atoms with Crippen molar-refractivity contribution in [3.8, 4) is 0 Å². The van der Waals surface area contributed by atoms with Gasteiger partial charge >= 0.3 is 0 Å². The van der Waals surface area contributed by atoms with Gasteiger partial charge < -0.3 is 28.5 Å². The number of fused-ring (bicyclic) bond motifs is 3. The minimum atomic E-state index is 0. The number of aryl methyl sites for hydroxylation is 3. The minimum Gasteiger partial charge on any atom is -1.00 e. The third-order valence-electron chi connectivity index (χ3n) is 3.94. The molecule has 0 unspecified atom stereocenters. The topological polar surface area (TPSA) is 8.81 Å². The fraction of sp³-hybridized carbons (Fsp3) is 0.267. The summed E-state index contributed by atoms with van der Waals surface area (Å²) in [6.07, 6.45) is 2.10. The van der Waals surface area contributed by atoms with E-state index in [-0.39, 0.29) is 24.0 Å². The molecular formula is C15H17IN2. The zero-order valence-corrected chi connectivity index (χ0v) is 13.3. The van der Waals surface area contributed by atoms with Crippen molar-refractivity contribution >= 4 is 21.8 Å². The number of hydrogen-bond acceptors (Lipinski definition) is 0. The van der Waals surface area contributed by atoms with Gasteiger partial charge in [0.1, 0.15) is 7.05 Å². The predicted octanol–water partition coefficient (Wildman–Crippen LogP) is -0.223. The van der Waals surface area contributed by atoms with Gasteiger partial charge in [0, 0.05) is 35.8 Å². The predicted molar refractivity (Wildman–Crippen MR) is 71.1 cm³/mol. The Morgan fingerprint density at radius 1 is 1.11 bits per heavy atom. The van der Waals surface area contributed by atoms with E-state index in [1.807, 2.05) is 0 Å². The van der Waals surface area contributed by atoms with Crippen LogP contribution in [0.2, 0.25) is 0 Å². The average molecular weight is 352 g/mol. The molecule has 2 aromatic heterocycles. The maximum Gasteiger partial charge on any atom is 0.213 e. The Balaban J connectivity index is 0.00000120. The van der Waals surface area contributed by atoms with Gasteiger partial charge in [-0.05, 0) is 31.5 Å². The van der Waals surface area contributed by atoms with Gasteiger partial charge in [0.05, 0.1) is 5.39 Å². The highest BCUT2D eigenvalue weighted by Crippen LogP contribution is 2.29. The Kier molecular flexibility index (Phi) is 3.36. The Morgan fingerprint density at radius 3 is 2.56 bits per heavy atom. The summed E-state index contributed by atoms with van der Waals surface area (Å²) < 4.78 is 4.45. The molecule has 18 heavy (non-hydrogen) atoms. The fourth-order valence-electron chi connectivity index (χ4n) is 2.71. The van der Waals surface area contributed by atoms with Gasteiger partial charge in [0.2, 0.25) is 5.52 Å². The van der Waals surface area contributed by atoms with Crippen molar-refractivity contribution in [1.29, 1.82) is 0 Å². The number of pyridine rings is 1. The number of halogens is 1. The molecule has 94 valence electrons. The largest absolute Gasteiger partial charge is 1.00 e. The third-order valence-corrected chi connectivity index (χ3v) is 3.94. The van der Waals surface area contributed by atoms with Crippen LogP contribution in [0.4, 0.5) is 0 Å². The molecule has 3 aromatic rings. The Hall–Kier alpha value is -1.10. The molecule has 2 heterocycles. The molecule has 0 aliphatic heterocycles. The van der Waals surface area contributed by atoms with Crippen LogP contribution < -0.4 is 28.5 Å². The molecule has 3 rings (SSSR count). The van der Waals surface area contributed by atoms with E-state index in [9.17, 15) is 0 Å². The first-order valence-electron chi connectivity index (χ1n) is 5.94. The molecule has 0 fully saturated rings. The number of aromatic nitrogens is 2. The van der Waals surface area contributed by atoms with Crippen LogP contribution in [-0.2, 0) is 14.1 Å². The number of nitrogens with zero attached hydrogens (tertiary/aromatic N) is 2. The molecule has 0 aliphatic rings. The summed E-state index contributed by atoms with van der Waals surface area (Å²) in [7, 11) is 4.23. The zero-order chi connectivity index (χ0) is 12.2. The summed E-state index contributed by atoms with van der Waals surface area (Å²) in [6.45, 7) is 4.40. The molecule has 0 aliphatic carbocycles. The van der Waals surface area contributed by atoms with Crippen molar-refractivity contribution < 1.29 is 28.5 Å². The summed E-state index contributed by atoms with van der Waals surface area (Å²) >= 11 is 0. The molecule has 0 amide bonds. The summed E-state index contributed by atoms with van der Waals surface area (Å²) in [4.78, 5) is 0. The summed E-state index contributed by atoms with van der Waals surface area (Å²) in [5.74, 6) is 0. The first kappa shape index (κ1) is 13.3. The molecule has 0 spiro atoms. The van der Waals surface area contributed by atoms with Crippen LogP contribution in [0, 0.1) is 13.8 Å². The average Bonchev–Trinajstić information content (AvgIpc) is 2.55. The van der Waals surface area contributed by atoms with Crippen LogP contribution in [0.1, 0.15) is 11.3 Å². The maximum absolute atomic E-state index is 2.27. The first-order chi connectivity index (χ1) is 8.11. The Morgan fingerprint density at radius 2 is 1.83 bits per heavy atom. The van der Waals surface area contributed by atoms with E-state index in [2.05, 4.69) is 67.5 Å². The normalized spacial score (nSPS) is 10.9. The van der Waals surface area contributed by atoms with Crippen molar-refractivity contribution in [2.75, 3.05) is 0 Å². The maximum atomic E-state index is 2.27. The van der Waals surface area contributed by atoms with Crippen molar-refractivity contribution in [1.82, 2.24) is 4.57 Å². The SMILES string of the molecule is Cc1c(C)n(C)c2ccc3c(ccc[n+]3C)c12.[I-]. The van der Waals surface area contributed by atoms with Crippen LogP contribution >= 0.6 is 0 Å². The summed E-state index contributed by atoms with van der Waals surface area (Å²) in [5, 5.41) is 2.73. The molecule has 0 saturated carbocycles. The summed E-state index contributed by atoms with van der Waals surface area (Å²) in [5.41, 5.74) is 5.34. The molecule has 3 heteroatoms. The van der Waals surface area contributed by atoms with Crippen LogP contribution in [0.5, 0.6) is 0 Å². The van der Waals surface area contributed by atoms with Crippen LogP contribution in [0.25, 0.3) is 21.8 Å². The van der Waals surface area contributed by atoms with Crippen LogP contribution in [0.3, 0.4) is 0 Å². The lowest BCUT2D eigenvalue weighted by molar-refractivity contribution is -0.644. The first-order valence-corrected chi connectivity index (χ1v) is 5.94. The van der Waals surface area contributed by atoms with E-state index < -0.39 is 0 Å². The molecule has 1 aromatic carbocycles. The molecule has 0 bridgehead atoms. The Labute approximate surface area is 124 Å². The van der Waals surface area contributed by atoms with Crippen molar-refractivity contribution in [3.05, 3.63) is 41.7 Å². The second-order valence-electron chi connectivity index (χ2n) is 4.78. The van der Waals surface area contributed by atoms with Crippen LogP contribution in [-0.4, -0.2) is 4.57 Å². The van der Waals surface area contributed by atoms with E-state index >= 15 is 0 Å². The standard InChI is InChI=1S/C15H17N2.HI/c1-10-11(2)17(4)14-8-7-13-12(15(10)14)6-5-9-16(13)3;/h5-9H,1-4H3;1H/q+1;/p-1. The lowest BCUT2D eigenvalue weighted by atomic mass is 10.1. The van der Waals surface area contributed by atoms with Gasteiger partial charge in [-0.2, -0.15) is 0 Å². The van der Waals surface area contributed by atoms with Crippen molar-refractivity contribution in [3.63, 3.8) is 0 Å². The monoisotopic (exact) mass is 352 g/mol. The van der Waals surface area contributed by atoms with Gasteiger partial charge in [-0.3, -0.25) is 0 Å². The van der Waals surface area contributed by atoms with Crippen molar-refractivity contribution in [2.45, 2.75) is 13.8 Å². The van der Waals surface area contributed by atoms with Gasteiger partial charge in [-0.1, -0.05) is 0 Å². The Bertz CT molecular complexity index is 741. The van der Waals surface area contributed by atoms with Gasteiger partial charge in [-0.25, -0.2) is 4.57 Å². The zero-order valence-electron chi connectivity index (χ0n) is 11.2. The molecule has 2 nitrogen and oxygen atoms in total. The number of hydrogen-bond donors (Lipinski definition) is 0. The van der Waals surface area contributed by atoms with E-state index in [4.69, 9.17) is 0 Å². The van der Waals surface area contributed by atoms with E-state index in [0.717, 1.165) is 0 Å². The second-order valence-corrected chi connectivity index (χ2v) is 4.78. The van der Waals surface area contributed by atoms with Gasteiger partial charge in [0.15, 0.2) is 6.20 Å². The fourth-order valence-corrected chi connectivity index (χ4v) is 2.71. The molecule has 0 atom stereocenters.